The molecule has 7 nitrogen and oxygen atoms in total. The summed E-state index contributed by atoms with van der Waals surface area (Å²) < 4.78 is 23.4. The van der Waals surface area contributed by atoms with E-state index in [4.69, 9.17) is 5.11 Å². The molecule has 2 N–H and O–H groups in total. The smallest absolute Gasteiger partial charge is 0.308 e. The molecule has 0 heterocycles. The van der Waals surface area contributed by atoms with Crippen molar-refractivity contribution in [3.05, 3.63) is 6.54 Å². The number of carboxylic acids is 1. The Labute approximate surface area is 174 Å². The fraction of sp³-hybridized carbons (Fsp3) is 0.700. The van der Waals surface area contributed by atoms with Crippen LogP contribution in [0.1, 0.15) is 13.8 Å². The van der Waals surface area contributed by atoms with Crippen molar-refractivity contribution in [3.63, 3.8) is 0 Å². The van der Waals surface area contributed by atoms with Gasteiger partial charge >= 0.3 is 5.97 Å². The van der Waals surface area contributed by atoms with Crippen molar-refractivity contribution in [1.29, 1.82) is 0 Å². The van der Waals surface area contributed by atoms with Gasteiger partial charge in [0.1, 0.15) is 0 Å². The maximum absolute atomic E-state index is 11.5. The molecule has 0 aromatic heterocycles. The molecule has 0 aliphatic heterocycles. The van der Waals surface area contributed by atoms with E-state index < -0.39 is 33.7 Å². The number of aliphatic carboxylic acids is 1. The first-order valence-corrected chi connectivity index (χ1v) is 13.6. The number of halogens is 2. The van der Waals surface area contributed by atoms with E-state index in [1.165, 1.54) is 20.5 Å². The summed E-state index contributed by atoms with van der Waals surface area (Å²) in [4.78, 5) is 22.6. The molecular weight excluding hydrogens is 603 g/mol. The van der Waals surface area contributed by atoms with Gasteiger partial charge in [0.2, 0.25) is 10.0 Å². The number of hydrogen-bond acceptors (Lipinski definition) is 4. The molecule has 0 aromatic rings. The van der Waals surface area contributed by atoms with E-state index in [0.29, 0.717) is 0 Å². The van der Waals surface area contributed by atoms with Gasteiger partial charge in [-0.05, 0) is 0 Å². The Balaban J connectivity index is -0.00000103. The second kappa shape index (κ2) is 13.8. The largest absolute Gasteiger partial charge is 0.506 e. The molecule has 0 fully saturated rings. The third-order valence-electron chi connectivity index (χ3n) is 2.64. The van der Waals surface area contributed by atoms with Crippen LogP contribution in [0.15, 0.2) is 0 Å². The predicted molar refractivity (Wildman–Crippen MR) is 93.9 cm³/mol. The third kappa shape index (κ3) is 11.6. The van der Waals surface area contributed by atoms with E-state index in [2.05, 4.69) is 42.5 Å². The van der Waals surface area contributed by atoms with Crippen LogP contribution in [0, 0.1) is 18.4 Å². The van der Waals surface area contributed by atoms with Crippen LogP contribution in [0.5, 0.6) is 0 Å². The number of amides is 1. The number of nitrogens with one attached hydrogen (secondary N) is 1. The number of hydrogen-bond donors (Lipinski definition) is 2. The zero-order valence-electron chi connectivity index (χ0n) is 12.2. The van der Waals surface area contributed by atoms with E-state index in [1.54, 1.807) is 6.92 Å². The third-order valence-corrected chi connectivity index (χ3v) is 3.92. The molecule has 0 spiro atoms. The van der Waals surface area contributed by atoms with Gasteiger partial charge in [-0.3, -0.25) is 9.59 Å². The summed E-state index contributed by atoms with van der Waals surface area (Å²) in [7, 11) is -2.19. The molecule has 0 aromatic carbocycles. The van der Waals surface area contributed by atoms with Crippen LogP contribution >= 0.6 is 37.2 Å². The summed E-state index contributed by atoms with van der Waals surface area (Å²) >= 11 is 4.24. The molecule has 21 heavy (non-hydrogen) atoms. The summed E-state index contributed by atoms with van der Waals surface area (Å²) in [5.74, 6) is -3.58. The summed E-state index contributed by atoms with van der Waals surface area (Å²) in [5, 5.41) is 11.5. The first-order valence-electron chi connectivity index (χ1n) is 5.47. The molecule has 1 radical (unpaired) electrons. The van der Waals surface area contributed by atoms with Crippen molar-refractivity contribution < 1.29 is 55.8 Å². The van der Waals surface area contributed by atoms with E-state index in [0.717, 1.165) is 10.6 Å². The number of carboxylic acid groups (broad SMARTS) is 1. The molecule has 123 valence electrons. The van der Waals surface area contributed by atoms with E-state index in [9.17, 15) is 18.0 Å². The van der Waals surface area contributed by atoms with Gasteiger partial charge in [0, 0.05) is 89.5 Å². The molecule has 0 saturated carbocycles. The van der Waals surface area contributed by atoms with Crippen molar-refractivity contribution in [2.24, 2.45) is 11.8 Å². The van der Waals surface area contributed by atoms with Crippen molar-refractivity contribution >= 4 is 59.1 Å². The Hall–Kier alpha value is 1.41. The number of carbonyl (C=O) groups excluding carboxylic acids is 1. The summed E-state index contributed by atoms with van der Waals surface area (Å²) in [6.45, 7) is 4.21. The van der Waals surface area contributed by atoms with Crippen molar-refractivity contribution in [2.45, 2.75) is 13.8 Å². The number of carbonyl (C=O) groups is 2. The Morgan fingerprint density at radius 3 is 2.10 bits per heavy atom. The zero-order chi connectivity index (χ0) is 16.5. The molecule has 11 heteroatoms. The van der Waals surface area contributed by atoms with Crippen LogP contribution in [-0.2, 0) is 52.3 Å². The minimum absolute atomic E-state index is 0. The molecule has 0 saturated heterocycles. The van der Waals surface area contributed by atoms with Crippen LogP contribution in [0.3, 0.4) is 0 Å². The fourth-order valence-corrected chi connectivity index (χ4v) is 1.75. The van der Waals surface area contributed by atoms with Gasteiger partial charge in [0.15, 0.2) is 5.91 Å². The van der Waals surface area contributed by atoms with Gasteiger partial charge in [0.05, 0.1) is 12.2 Å². The molecule has 0 aliphatic carbocycles. The monoisotopic (exact) mass is 622 g/mol. The van der Waals surface area contributed by atoms with Crippen molar-refractivity contribution in [2.75, 3.05) is 19.8 Å². The first-order chi connectivity index (χ1) is 9.11. The molecule has 2 unspecified atom stereocenters. The molecule has 0 bridgehead atoms. The normalized spacial score (nSPS) is 13.3. The van der Waals surface area contributed by atoms with Gasteiger partial charge in [-0.1, -0.05) is 6.92 Å². The molecule has 0 aliphatic rings. The van der Waals surface area contributed by atoms with Crippen LogP contribution in [0.4, 0.5) is 0 Å². The second-order valence-electron chi connectivity index (χ2n) is 4.07. The Kier molecular flexibility index (Phi) is 17.9. The average molecular weight is 622 g/mol. The maximum Gasteiger partial charge on any atom is 0.308 e. The van der Waals surface area contributed by atoms with Crippen LogP contribution in [-0.4, -0.2) is 49.6 Å². The fourth-order valence-electron chi connectivity index (χ4n) is 1.32. The number of nitrogens with zero attached hydrogens (tertiary/aromatic N) is 1. The first kappa shape index (κ1) is 27.3. The Morgan fingerprint density at radius 1 is 1.38 bits per heavy atom. The number of sulfonamides is 1. The zero-order valence-corrected chi connectivity index (χ0v) is 20.2. The summed E-state index contributed by atoms with van der Waals surface area (Å²) in [6, 6.07) is 0. The van der Waals surface area contributed by atoms with Gasteiger partial charge in [-0.2, -0.15) is 6.92 Å². The van der Waals surface area contributed by atoms with Gasteiger partial charge in [0.25, 0.3) is 0 Å². The molecule has 2 atom stereocenters. The summed E-state index contributed by atoms with van der Waals surface area (Å²) in [6.07, 6.45) is 0.983. The number of rotatable bonds is 7. The molecule has 0 rings (SSSR count). The standard InChI is InChI=1S/C10H19N2O5S.I2.Y/c1-5-11-9(13)7(2)8(10(14)15)6-12(3)18(4,16)17;1-2;/h5,7-8H,6H2,1-4H3,(H,11,13)(H,14,15);;/q-1;;. The summed E-state index contributed by atoms with van der Waals surface area (Å²) in [5.41, 5.74) is 0. The van der Waals surface area contributed by atoms with E-state index >= 15 is 0 Å². The average Bonchev–Trinajstić information content (AvgIpc) is 2.35. The van der Waals surface area contributed by atoms with Gasteiger partial charge < -0.3 is 10.4 Å². The molecular formula is C10H19I2N2O5SY-. The van der Waals surface area contributed by atoms with Crippen LogP contribution in [0.25, 0.3) is 0 Å². The Bertz CT molecular complexity index is 422. The van der Waals surface area contributed by atoms with E-state index in [1.807, 2.05) is 0 Å². The minimum atomic E-state index is -3.47. The minimum Gasteiger partial charge on any atom is -0.506 e. The van der Waals surface area contributed by atoms with Crippen molar-refractivity contribution in [3.8, 4) is 0 Å². The second-order valence-corrected chi connectivity index (χ2v) is 6.16. The van der Waals surface area contributed by atoms with E-state index in [-0.39, 0.29) is 39.3 Å². The van der Waals surface area contributed by atoms with Crippen molar-refractivity contribution in [1.82, 2.24) is 9.62 Å². The SMILES string of the molecule is C[CH-]NC(=O)C(C)C(CN(C)S(C)(=O)=O)C(=O)O.II.[Y]. The van der Waals surface area contributed by atoms with Crippen LogP contribution in [0.2, 0.25) is 0 Å². The topological polar surface area (TPSA) is 104 Å². The van der Waals surface area contributed by atoms with Crippen LogP contribution < -0.4 is 5.32 Å². The molecule has 1 amide bonds. The van der Waals surface area contributed by atoms with Gasteiger partial charge in [-0.25, -0.2) is 19.3 Å². The quantitative estimate of drug-likeness (QED) is 0.329. The predicted octanol–water partition coefficient (Wildman–Crippen LogP) is 1.28. The maximum atomic E-state index is 11.5. The Morgan fingerprint density at radius 2 is 1.81 bits per heavy atom. The van der Waals surface area contributed by atoms with Gasteiger partial charge in [-0.15, -0.1) is 0 Å².